The molecule has 3 N–H and O–H groups in total. The van der Waals surface area contributed by atoms with Crippen LogP contribution < -0.4 is 16.0 Å². The lowest BCUT2D eigenvalue weighted by atomic mass is 10.2. The molecule has 6 heteroatoms. The van der Waals surface area contributed by atoms with Crippen molar-refractivity contribution < 1.29 is 9.66 Å². The number of rotatable bonds is 5. The molecule has 0 amide bonds. The summed E-state index contributed by atoms with van der Waals surface area (Å²) in [5.41, 5.74) is 3.72. The number of nitrogen functional groups attached to an aromatic ring is 1. The van der Waals surface area contributed by atoms with Gasteiger partial charge in [-0.25, -0.2) is 0 Å². The van der Waals surface area contributed by atoms with Gasteiger partial charge in [-0.3, -0.25) is 16.0 Å². The van der Waals surface area contributed by atoms with Crippen molar-refractivity contribution in [1.82, 2.24) is 0 Å². The van der Waals surface area contributed by atoms with Gasteiger partial charge in [-0.1, -0.05) is 30.3 Å². The van der Waals surface area contributed by atoms with Crippen molar-refractivity contribution >= 4 is 11.4 Å². The Kier molecular flexibility index (Phi) is 3.94. The van der Waals surface area contributed by atoms with Crippen LogP contribution in [0.4, 0.5) is 11.4 Å². The fourth-order valence-corrected chi connectivity index (χ4v) is 1.60. The van der Waals surface area contributed by atoms with E-state index in [2.05, 4.69) is 5.43 Å². The molecule has 0 spiro atoms. The average molecular weight is 259 g/mol. The zero-order valence-corrected chi connectivity index (χ0v) is 10.1. The Labute approximate surface area is 109 Å². The van der Waals surface area contributed by atoms with Crippen molar-refractivity contribution in [2.75, 3.05) is 5.43 Å². The van der Waals surface area contributed by atoms with Crippen molar-refractivity contribution in [3.05, 3.63) is 64.2 Å². The van der Waals surface area contributed by atoms with Crippen LogP contribution in [0.1, 0.15) is 5.56 Å². The maximum atomic E-state index is 10.8. The molecule has 2 rings (SSSR count). The van der Waals surface area contributed by atoms with Gasteiger partial charge < -0.3 is 10.2 Å². The van der Waals surface area contributed by atoms with E-state index in [0.29, 0.717) is 18.0 Å². The van der Waals surface area contributed by atoms with Gasteiger partial charge in [0.05, 0.1) is 16.7 Å². The van der Waals surface area contributed by atoms with Crippen molar-refractivity contribution in [3.8, 4) is 5.75 Å². The Morgan fingerprint density at radius 1 is 1.21 bits per heavy atom. The molecule has 0 aliphatic carbocycles. The van der Waals surface area contributed by atoms with E-state index < -0.39 is 4.92 Å². The predicted molar refractivity (Wildman–Crippen MR) is 71.7 cm³/mol. The first kappa shape index (κ1) is 12.8. The number of benzene rings is 2. The van der Waals surface area contributed by atoms with Gasteiger partial charge in [0.1, 0.15) is 12.4 Å². The second kappa shape index (κ2) is 5.83. The van der Waals surface area contributed by atoms with E-state index in [9.17, 15) is 10.1 Å². The minimum atomic E-state index is -0.490. The van der Waals surface area contributed by atoms with E-state index >= 15 is 0 Å². The number of hydrogen-bond acceptors (Lipinski definition) is 5. The number of non-ortho nitro benzene ring substituents is 1. The Hall–Kier alpha value is -2.60. The van der Waals surface area contributed by atoms with Crippen LogP contribution in [-0.2, 0) is 6.61 Å². The Morgan fingerprint density at radius 3 is 2.58 bits per heavy atom. The molecule has 0 saturated carbocycles. The number of ether oxygens (including phenoxy) is 1. The van der Waals surface area contributed by atoms with E-state index in [4.69, 9.17) is 10.6 Å². The third kappa shape index (κ3) is 3.43. The molecule has 6 nitrogen and oxygen atoms in total. The monoisotopic (exact) mass is 259 g/mol. The highest BCUT2D eigenvalue weighted by Gasteiger charge is 2.10. The summed E-state index contributed by atoms with van der Waals surface area (Å²) in [5.74, 6) is 5.66. The quantitative estimate of drug-likeness (QED) is 0.489. The fraction of sp³-hybridized carbons (Fsp3) is 0.0769. The van der Waals surface area contributed by atoms with Crippen molar-refractivity contribution in [1.29, 1.82) is 0 Å². The largest absolute Gasteiger partial charge is 0.489 e. The van der Waals surface area contributed by atoms with Crippen LogP contribution >= 0.6 is 0 Å². The third-order valence-electron chi connectivity index (χ3n) is 2.52. The number of hydrazine groups is 1. The maximum absolute atomic E-state index is 10.8. The summed E-state index contributed by atoms with van der Waals surface area (Å²) in [5, 5.41) is 10.8. The summed E-state index contributed by atoms with van der Waals surface area (Å²) in [7, 11) is 0. The van der Waals surface area contributed by atoms with Crippen LogP contribution in [0.2, 0.25) is 0 Å². The van der Waals surface area contributed by atoms with Gasteiger partial charge in [0.2, 0.25) is 0 Å². The van der Waals surface area contributed by atoms with Crippen LogP contribution in [0.15, 0.2) is 48.5 Å². The molecule has 0 aromatic heterocycles. The molecule has 0 aliphatic heterocycles. The second-order valence-corrected chi connectivity index (χ2v) is 3.89. The molecule has 0 heterocycles. The highest BCUT2D eigenvalue weighted by atomic mass is 16.6. The second-order valence-electron chi connectivity index (χ2n) is 3.89. The number of nitrogens with two attached hydrogens (primary N) is 1. The van der Waals surface area contributed by atoms with Gasteiger partial charge in [0.25, 0.3) is 5.69 Å². The average Bonchev–Trinajstić information content (AvgIpc) is 2.45. The molecule has 2 aromatic rings. The molecule has 2 aromatic carbocycles. The molecule has 19 heavy (non-hydrogen) atoms. The minimum Gasteiger partial charge on any atom is -0.489 e. The molecular formula is C13H13N3O3. The first-order valence-corrected chi connectivity index (χ1v) is 5.62. The molecular weight excluding hydrogens is 246 g/mol. The highest BCUT2D eigenvalue weighted by molar-refractivity contribution is 5.55. The zero-order valence-electron chi connectivity index (χ0n) is 10.1. The summed E-state index contributed by atoms with van der Waals surface area (Å²) in [6, 6.07) is 13.9. The van der Waals surface area contributed by atoms with E-state index in [1.807, 2.05) is 30.3 Å². The van der Waals surface area contributed by atoms with Gasteiger partial charge in [-0.2, -0.15) is 0 Å². The lowest BCUT2D eigenvalue weighted by molar-refractivity contribution is -0.384. The van der Waals surface area contributed by atoms with Crippen LogP contribution in [0, 0.1) is 10.1 Å². The molecule has 0 unspecified atom stereocenters. The summed E-state index contributed by atoms with van der Waals surface area (Å²) in [4.78, 5) is 10.3. The first-order chi connectivity index (χ1) is 9.19. The van der Waals surface area contributed by atoms with E-state index in [1.54, 1.807) is 6.07 Å². The van der Waals surface area contributed by atoms with E-state index in [0.717, 1.165) is 5.56 Å². The number of nitrogens with zero attached hydrogens (tertiary/aromatic N) is 1. The molecule has 0 bridgehead atoms. The zero-order chi connectivity index (χ0) is 13.7. The van der Waals surface area contributed by atoms with Crippen LogP contribution in [0.3, 0.4) is 0 Å². The summed E-state index contributed by atoms with van der Waals surface area (Å²) >= 11 is 0. The fourth-order valence-electron chi connectivity index (χ4n) is 1.60. The van der Waals surface area contributed by atoms with E-state index in [-0.39, 0.29) is 5.69 Å². The molecule has 0 saturated heterocycles. The number of nitrogens with one attached hydrogen (secondary N) is 1. The summed E-state index contributed by atoms with van der Waals surface area (Å²) in [6.45, 7) is 0.339. The minimum absolute atomic E-state index is 0.0708. The highest BCUT2D eigenvalue weighted by Crippen LogP contribution is 2.26. The summed E-state index contributed by atoms with van der Waals surface area (Å²) in [6.07, 6.45) is 0. The Balaban J connectivity index is 2.15. The van der Waals surface area contributed by atoms with Gasteiger partial charge >= 0.3 is 0 Å². The Bertz CT molecular complexity index is 573. The summed E-state index contributed by atoms with van der Waals surface area (Å²) < 4.78 is 5.53. The maximum Gasteiger partial charge on any atom is 0.275 e. The molecule has 0 aliphatic rings. The van der Waals surface area contributed by atoms with Gasteiger partial charge in [0.15, 0.2) is 0 Å². The normalized spacial score (nSPS) is 9.95. The SMILES string of the molecule is NNc1cc(OCc2ccccc2)cc([N+](=O)[O-])c1. The smallest absolute Gasteiger partial charge is 0.275 e. The lowest BCUT2D eigenvalue weighted by Gasteiger charge is -2.08. The molecule has 0 atom stereocenters. The number of hydrogen-bond donors (Lipinski definition) is 2. The lowest BCUT2D eigenvalue weighted by Crippen LogP contribution is -2.07. The van der Waals surface area contributed by atoms with E-state index in [1.165, 1.54) is 12.1 Å². The molecule has 0 fully saturated rings. The molecule has 0 radical (unpaired) electrons. The Morgan fingerprint density at radius 2 is 1.95 bits per heavy atom. The van der Waals surface area contributed by atoms with Crippen LogP contribution in [0.25, 0.3) is 0 Å². The first-order valence-electron chi connectivity index (χ1n) is 5.62. The number of nitro groups is 1. The number of anilines is 1. The topological polar surface area (TPSA) is 90.4 Å². The van der Waals surface area contributed by atoms with Crippen LogP contribution in [-0.4, -0.2) is 4.92 Å². The van der Waals surface area contributed by atoms with Gasteiger partial charge in [-0.15, -0.1) is 0 Å². The number of nitro benzene ring substituents is 1. The third-order valence-corrected chi connectivity index (χ3v) is 2.52. The van der Waals surface area contributed by atoms with Gasteiger partial charge in [-0.05, 0) is 5.56 Å². The van der Waals surface area contributed by atoms with Crippen molar-refractivity contribution in [2.45, 2.75) is 6.61 Å². The van der Waals surface area contributed by atoms with Crippen LogP contribution in [0.5, 0.6) is 5.75 Å². The standard InChI is InChI=1S/C13H13N3O3/c14-15-11-6-12(16(17)18)8-13(7-11)19-9-10-4-2-1-3-5-10/h1-8,15H,9,14H2. The van der Waals surface area contributed by atoms with Crippen molar-refractivity contribution in [2.24, 2.45) is 5.84 Å². The molecule has 98 valence electrons. The van der Waals surface area contributed by atoms with Gasteiger partial charge in [0, 0.05) is 12.1 Å². The van der Waals surface area contributed by atoms with Crippen molar-refractivity contribution in [3.63, 3.8) is 0 Å². The predicted octanol–water partition coefficient (Wildman–Crippen LogP) is 2.46.